The highest BCUT2D eigenvalue weighted by molar-refractivity contribution is 5.93. The van der Waals surface area contributed by atoms with E-state index in [1.807, 2.05) is 0 Å². The highest BCUT2D eigenvalue weighted by Crippen LogP contribution is 2.31. The van der Waals surface area contributed by atoms with Crippen LogP contribution in [0.3, 0.4) is 0 Å². The Morgan fingerprint density at radius 3 is 2.46 bits per heavy atom. The summed E-state index contributed by atoms with van der Waals surface area (Å²) in [6.07, 6.45) is -0.284. The second-order valence-corrected chi connectivity index (χ2v) is 6.99. The Kier molecular flexibility index (Phi) is 5.88. The van der Waals surface area contributed by atoms with Crippen LogP contribution in [0.15, 0.2) is 42.6 Å². The quantitative estimate of drug-likeness (QED) is 0.819. The number of amides is 1. The number of aromatic nitrogens is 1. The van der Waals surface area contributed by atoms with Gasteiger partial charge in [-0.3, -0.25) is 4.79 Å². The average molecular weight is 393 g/mol. The maximum absolute atomic E-state index is 12.6. The summed E-state index contributed by atoms with van der Waals surface area (Å²) in [5.41, 5.74) is 5.90. The maximum atomic E-state index is 12.6. The van der Waals surface area contributed by atoms with E-state index in [1.165, 1.54) is 0 Å². The lowest BCUT2D eigenvalue weighted by molar-refractivity contribution is -0.137. The fourth-order valence-corrected chi connectivity index (χ4v) is 3.29. The van der Waals surface area contributed by atoms with Gasteiger partial charge in [-0.2, -0.15) is 13.2 Å². The number of hydrogen-bond donors (Lipinski definition) is 1. The Morgan fingerprint density at radius 2 is 1.93 bits per heavy atom. The van der Waals surface area contributed by atoms with Crippen molar-refractivity contribution in [1.29, 1.82) is 0 Å². The van der Waals surface area contributed by atoms with Gasteiger partial charge in [0, 0.05) is 37.5 Å². The summed E-state index contributed by atoms with van der Waals surface area (Å²) in [7, 11) is 1.70. The number of nitrogens with zero attached hydrogens (tertiary/aromatic N) is 2. The molecular formula is C20H22F3N3O2. The van der Waals surface area contributed by atoms with E-state index in [0.29, 0.717) is 17.9 Å². The Balaban J connectivity index is 1.60. The summed E-state index contributed by atoms with van der Waals surface area (Å²) in [4.78, 5) is 17.7. The van der Waals surface area contributed by atoms with E-state index < -0.39 is 11.7 Å². The monoisotopic (exact) mass is 393 g/mol. The number of ether oxygens (including phenoxy) is 1. The molecule has 5 nitrogen and oxygen atoms in total. The molecule has 2 atom stereocenters. The third kappa shape index (κ3) is 4.81. The number of alkyl halides is 3. The van der Waals surface area contributed by atoms with Crippen LogP contribution in [0.2, 0.25) is 0 Å². The molecule has 2 aromatic rings. The van der Waals surface area contributed by atoms with Crippen molar-refractivity contribution in [3.05, 3.63) is 48.2 Å². The Morgan fingerprint density at radius 1 is 1.21 bits per heavy atom. The molecule has 1 aromatic carbocycles. The Labute approximate surface area is 161 Å². The van der Waals surface area contributed by atoms with Gasteiger partial charge in [-0.15, -0.1) is 0 Å². The van der Waals surface area contributed by atoms with Crippen LogP contribution >= 0.6 is 0 Å². The SMILES string of the molecule is CN(C(=O)C[C@@H]1CCC[C@H]1N)c1ccc(Oc2ccc(C(F)(F)F)cn2)cc1. The zero-order valence-electron chi connectivity index (χ0n) is 15.4. The van der Waals surface area contributed by atoms with E-state index in [9.17, 15) is 18.0 Å². The van der Waals surface area contributed by atoms with Crippen LogP contribution in [0.4, 0.5) is 18.9 Å². The van der Waals surface area contributed by atoms with Crippen molar-refractivity contribution < 1.29 is 22.7 Å². The predicted molar refractivity (Wildman–Crippen MR) is 99.1 cm³/mol. The first-order valence-corrected chi connectivity index (χ1v) is 9.07. The van der Waals surface area contributed by atoms with Crippen LogP contribution in [0.25, 0.3) is 0 Å². The molecule has 28 heavy (non-hydrogen) atoms. The molecule has 0 aliphatic heterocycles. The lowest BCUT2D eigenvalue weighted by atomic mass is 9.99. The normalized spacial score (nSPS) is 19.5. The largest absolute Gasteiger partial charge is 0.439 e. The van der Waals surface area contributed by atoms with Crippen LogP contribution < -0.4 is 15.4 Å². The fraction of sp³-hybridized carbons (Fsp3) is 0.400. The fourth-order valence-electron chi connectivity index (χ4n) is 3.29. The molecule has 1 fully saturated rings. The molecule has 0 radical (unpaired) electrons. The number of nitrogens with two attached hydrogens (primary N) is 1. The number of pyridine rings is 1. The number of benzene rings is 1. The lowest BCUT2D eigenvalue weighted by Crippen LogP contribution is -2.32. The predicted octanol–water partition coefficient (Wildman–Crippen LogP) is 4.37. The van der Waals surface area contributed by atoms with E-state index in [0.717, 1.165) is 37.6 Å². The van der Waals surface area contributed by atoms with Crippen molar-refractivity contribution in [3.63, 3.8) is 0 Å². The van der Waals surface area contributed by atoms with E-state index >= 15 is 0 Å². The van der Waals surface area contributed by atoms with Crippen LogP contribution in [0.5, 0.6) is 11.6 Å². The molecule has 0 bridgehead atoms. The van der Waals surface area contributed by atoms with Gasteiger partial charge >= 0.3 is 6.18 Å². The van der Waals surface area contributed by atoms with Crippen molar-refractivity contribution in [1.82, 2.24) is 4.98 Å². The Hall–Kier alpha value is -2.61. The zero-order valence-corrected chi connectivity index (χ0v) is 15.4. The van der Waals surface area contributed by atoms with Crippen LogP contribution in [0, 0.1) is 5.92 Å². The molecule has 2 N–H and O–H groups in total. The third-order valence-electron chi connectivity index (χ3n) is 5.04. The molecule has 0 saturated heterocycles. The first-order chi connectivity index (χ1) is 13.2. The molecule has 1 aliphatic carbocycles. The topological polar surface area (TPSA) is 68.5 Å². The minimum Gasteiger partial charge on any atom is -0.439 e. The molecule has 1 aliphatic rings. The molecule has 0 unspecified atom stereocenters. The van der Waals surface area contributed by atoms with Gasteiger partial charge in [-0.25, -0.2) is 4.98 Å². The van der Waals surface area contributed by atoms with Crippen molar-refractivity contribution in [2.75, 3.05) is 11.9 Å². The smallest absolute Gasteiger partial charge is 0.417 e. The number of carbonyl (C=O) groups excluding carboxylic acids is 1. The van der Waals surface area contributed by atoms with Crippen molar-refractivity contribution in [2.45, 2.75) is 37.9 Å². The van der Waals surface area contributed by atoms with Gasteiger partial charge in [-0.05, 0) is 49.1 Å². The number of carbonyl (C=O) groups is 1. The highest BCUT2D eigenvalue weighted by Gasteiger charge is 2.31. The number of halogens is 3. The summed E-state index contributed by atoms with van der Waals surface area (Å²) < 4.78 is 43.1. The average Bonchev–Trinajstić information content (AvgIpc) is 3.06. The van der Waals surface area contributed by atoms with E-state index in [4.69, 9.17) is 10.5 Å². The van der Waals surface area contributed by atoms with Gasteiger partial charge in [0.1, 0.15) is 5.75 Å². The molecule has 1 aromatic heterocycles. The first-order valence-electron chi connectivity index (χ1n) is 9.07. The maximum Gasteiger partial charge on any atom is 0.417 e. The van der Waals surface area contributed by atoms with Gasteiger partial charge in [0.15, 0.2) is 0 Å². The summed E-state index contributed by atoms with van der Waals surface area (Å²) >= 11 is 0. The number of anilines is 1. The minimum absolute atomic E-state index is 0.000393. The minimum atomic E-state index is -4.44. The summed E-state index contributed by atoms with van der Waals surface area (Å²) in [5, 5.41) is 0. The van der Waals surface area contributed by atoms with Crippen molar-refractivity contribution >= 4 is 11.6 Å². The van der Waals surface area contributed by atoms with E-state index in [2.05, 4.69) is 4.98 Å². The molecule has 150 valence electrons. The van der Waals surface area contributed by atoms with Gasteiger partial charge in [-0.1, -0.05) is 6.42 Å². The Bertz CT molecular complexity index is 807. The summed E-state index contributed by atoms with van der Waals surface area (Å²) in [5.74, 6) is 0.693. The molecule has 8 heteroatoms. The zero-order chi connectivity index (χ0) is 20.3. The van der Waals surface area contributed by atoms with Crippen LogP contribution in [0.1, 0.15) is 31.2 Å². The number of hydrogen-bond acceptors (Lipinski definition) is 4. The molecule has 1 heterocycles. The first kappa shape index (κ1) is 20.1. The summed E-state index contributed by atoms with van der Waals surface area (Å²) in [6, 6.07) is 8.87. The molecule has 1 amide bonds. The van der Waals surface area contributed by atoms with E-state index in [1.54, 1.807) is 36.2 Å². The summed E-state index contributed by atoms with van der Waals surface area (Å²) in [6.45, 7) is 0. The molecular weight excluding hydrogens is 371 g/mol. The molecule has 3 rings (SSSR count). The van der Waals surface area contributed by atoms with E-state index in [-0.39, 0.29) is 23.7 Å². The van der Waals surface area contributed by atoms with Gasteiger partial charge in [0.05, 0.1) is 5.56 Å². The standard InChI is InChI=1S/C20H22F3N3O2/c1-26(19(27)11-13-3-2-4-17(13)24)15-6-8-16(9-7-15)28-18-10-5-14(12-25-18)20(21,22)23/h5-10,12-13,17H,2-4,11,24H2,1H3/t13-,17+/m0/s1. The van der Waals surface area contributed by atoms with Gasteiger partial charge in [0.2, 0.25) is 11.8 Å². The van der Waals surface area contributed by atoms with Gasteiger partial charge < -0.3 is 15.4 Å². The second-order valence-electron chi connectivity index (χ2n) is 6.99. The second kappa shape index (κ2) is 8.18. The number of rotatable bonds is 5. The molecule has 1 saturated carbocycles. The van der Waals surface area contributed by atoms with Crippen molar-refractivity contribution in [3.8, 4) is 11.6 Å². The van der Waals surface area contributed by atoms with Gasteiger partial charge in [0.25, 0.3) is 0 Å². The molecule has 0 spiro atoms. The highest BCUT2D eigenvalue weighted by atomic mass is 19.4. The van der Waals surface area contributed by atoms with Crippen LogP contribution in [-0.2, 0) is 11.0 Å². The van der Waals surface area contributed by atoms with Crippen molar-refractivity contribution in [2.24, 2.45) is 11.7 Å². The lowest BCUT2D eigenvalue weighted by Gasteiger charge is -2.21. The third-order valence-corrected chi connectivity index (χ3v) is 5.04. The van der Waals surface area contributed by atoms with Crippen LogP contribution in [-0.4, -0.2) is 24.0 Å².